The highest BCUT2D eigenvalue weighted by molar-refractivity contribution is 5.85. The van der Waals surface area contributed by atoms with Crippen molar-refractivity contribution in [2.75, 3.05) is 26.7 Å². The molecular formula is C16H31N3O. The summed E-state index contributed by atoms with van der Waals surface area (Å²) in [6.07, 6.45) is 5.61. The molecule has 20 heavy (non-hydrogen) atoms. The van der Waals surface area contributed by atoms with Gasteiger partial charge in [0.15, 0.2) is 0 Å². The maximum Gasteiger partial charge on any atom is 0.238 e. The second kappa shape index (κ2) is 6.44. The van der Waals surface area contributed by atoms with Crippen LogP contribution in [0, 0.1) is 17.8 Å². The van der Waals surface area contributed by atoms with Crippen LogP contribution in [-0.2, 0) is 4.79 Å². The first-order chi connectivity index (χ1) is 9.49. The lowest BCUT2D eigenvalue weighted by Gasteiger charge is -2.34. The van der Waals surface area contributed by atoms with Crippen molar-refractivity contribution in [3.63, 3.8) is 0 Å². The van der Waals surface area contributed by atoms with Crippen LogP contribution in [0.4, 0.5) is 0 Å². The van der Waals surface area contributed by atoms with Crippen LogP contribution in [0.1, 0.15) is 46.0 Å². The van der Waals surface area contributed by atoms with Crippen molar-refractivity contribution in [1.29, 1.82) is 0 Å². The van der Waals surface area contributed by atoms with Gasteiger partial charge >= 0.3 is 0 Å². The van der Waals surface area contributed by atoms with Crippen molar-refractivity contribution in [2.45, 2.75) is 51.5 Å². The van der Waals surface area contributed by atoms with E-state index in [-0.39, 0.29) is 5.91 Å². The highest BCUT2D eigenvalue weighted by atomic mass is 16.1. The lowest BCUT2D eigenvalue weighted by molar-refractivity contribution is -0.126. The topological polar surface area (TPSA) is 58.4 Å². The van der Waals surface area contributed by atoms with Crippen molar-refractivity contribution in [2.24, 2.45) is 23.5 Å². The monoisotopic (exact) mass is 281 g/mol. The van der Waals surface area contributed by atoms with Crippen LogP contribution in [0.2, 0.25) is 0 Å². The van der Waals surface area contributed by atoms with E-state index in [9.17, 15) is 4.79 Å². The molecule has 2 fully saturated rings. The molecule has 1 amide bonds. The predicted octanol–water partition coefficient (Wildman–Crippen LogP) is 1.60. The van der Waals surface area contributed by atoms with E-state index in [4.69, 9.17) is 5.73 Å². The van der Waals surface area contributed by atoms with Crippen LogP contribution in [0.3, 0.4) is 0 Å². The lowest BCUT2D eigenvalue weighted by atomic mass is 9.83. The van der Waals surface area contributed by atoms with E-state index in [1.807, 2.05) is 0 Å². The molecule has 0 heterocycles. The molecule has 116 valence electrons. The van der Waals surface area contributed by atoms with Crippen molar-refractivity contribution in [3.8, 4) is 0 Å². The summed E-state index contributed by atoms with van der Waals surface area (Å²) in [5.74, 6) is 2.06. The van der Waals surface area contributed by atoms with Gasteiger partial charge in [0.05, 0.1) is 0 Å². The molecular weight excluding hydrogens is 250 g/mol. The minimum absolute atomic E-state index is 0.152. The molecule has 0 radical (unpaired) electrons. The van der Waals surface area contributed by atoms with Crippen molar-refractivity contribution < 1.29 is 4.79 Å². The number of amides is 1. The fraction of sp³-hybridized carbons (Fsp3) is 0.938. The second-order valence-electron chi connectivity index (χ2n) is 6.98. The molecule has 0 aromatic rings. The predicted molar refractivity (Wildman–Crippen MR) is 82.3 cm³/mol. The third-order valence-electron chi connectivity index (χ3n) is 5.43. The van der Waals surface area contributed by atoms with Gasteiger partial charge in [0.25, 0.3) is 0 Å². The Labute approximate surface area is 123 Å². The smallest absolute Gasteiger partial charge is 0.238 e. The third-order valence-corrected chi connectivity index (χ3v) is 5.43. The van der Waals surface area contributed by atoms with Crippen molar-refractivity contribution in [1.82, 2.24) is 10.2 Å². The second-order valence-corrected chi connectivity index (χ2v) is 6.98. The Bertz CT molecular complexity index is 347. The Morgan fingerprint density at radius 2 is 2.20 bits per heavy atom. The zero-order valence-corrected chi connectivity index (χ0v) is 13.3. The minimum atomic E-state index is -0.442. The van der Waals surface area contributed by atoms with Gasteiger partial charge in [-0.15, -0.1) is 0 Å². The first kappa shape index (κ1) is 15.8. The number of nitrogens with zero attached hydrogens (tertiary/aromatic N) is 1. The van der Waals surface area contributed by atoms with E-state index in [0.717, 1.165) is 50.6 Å². The maximum atomic E-state index is 11.9. The van der Waals surface area contributed by atoms with Crippen LogP contribution in [0.15, 0.2) is 0 Å². The number of hydrogen-bond acceptors (Lipinski definition) is 3. The van der Waals surface area contributed by atoms with Crippen LogP contribution < -0.4 is 11.1 Å². The Hall–Kier alpha value is -0.610. The van der Waals surface area contributed by atoms with Crippen LogP contribution in [0.25, 0.3) is 0 Å². The molecule has 0 bridgehead atoms. The molecule has 0 aromatic heterocycles. The zero-order chi connectivity index (χ0) is 14.8. The standard InChI is InChI=1S/C16H31N3O/c1-4-18-16(15(17)20)8-5-6-14(16)7-9-19(3)11-13-10-12(13)2/h12-14,18H,4-11H2,1-3H3,(H2,17,20). The summed E-state index contributed by atoms with van der Waals surface area (Å²) < 4.78 is 0. The molecule has 0 aliphatic heterocycles. The van der Waals surface area contributed by atoms with Gasteiger partial charge in [-0.2, -0.15) is 0 Å². The number of hydrogen-bond donors (Lipinski definition) is 2. The fourth-order valence-electron chi connectivity index (χ4n) is 3.95. The van der Waals surface area contributed by atoms with Gasteiger partial charge in [0.2, 0.25) is 5.91 Å². The van der Waals surface area contributed by atoms with Gasteiger partial charge < -0.3 is 16.0 Å². The van der Waals surface area contributed by atoms with E-state index in [1.54, 1.807) is 0 Å². The third kappa shape index (κ3) is 3.34. The SMILES string of the molecule is CCNC1(C(N)=O)CCCC1CCN(C)CC1CC1C. The Balaban J connectivity index is 1.85. The normalized spacial score (nSPS) is 36.5. The van der Waals surface area contributed by atoms with Gasteiger partial charge in [0.1, 0.15) is 5.54 Å². The summed E-state index contributed by atoms with van der Waals surface area (Å²) in [6.45, 7) is 7.49. The molecule has 0 spiro atoms. The first-order valence-electron chi connectivity index (χ1n) is 8.23. The zero-order valence-electron chi connectivity index (χ0n) is 13.3. The van der Waals surface area contributed by atoms with E-state index >= 15 is 0 Å². The average Bonchev–Trinajstić information content (AvgIpc) is 2.91. The molecule has 4 atom stereocenters. The van der Waals surface area contributed by atoms with Crippen LogP contribution in [-0.4, -0.2) is 43.0 Å². The maximum absolute atomic E-state index is 11.9. The summed E-state index contributed by atoms with van der Waals surface area (Å²) in [7, 11) is 2.21. The fourth-order valence-corrected chi connectivity index (χ4v) is 3.95. The number of rotatable bonds is 8. The molecule has 2 saturated carbocycles. The largest absolute Gasteiger partial charge is 0.368 e. The molecule has 4 unspecified atom stereocenters. The van der Waals surface area contributed by atoms with Gasteiger partial charge in [-0.05, 0) is 63.6 Å². The molecule has 2 aliphatic rings. The number of likely N-dealkylation sites (N-methyl/N-ethyl adjacent to an activating group) is 1. The quantitative estimate of drug-likeness (QED) is 0.710. The summed E-state index contributed by atoms with van der Waals surface area (Å²) in [5, 5.41) is 3.40. The molecule has 3 N–H and O–H groups in total. The average molecular weight is 281 g/mol. The Morgan fingerprint density at radius 1 is 1.50 bits per heavy atom. The van der Waals surface area contributed by atoms with E-state index in [2.05, 4.69) is 31.1 Å². The van der Waals surface area contributed by atoms with E-state index in [0.29, 0.717) is 5.92 Å². The van der Waals surface area contributed by atoms with Gasteiger partial charge in [-0.1, -0.05) is 20.3 Å². The van der Waals surface area contributed by atoms with Crippen LogP contribution >= 0.6 is 0 Å². The molecule has 2 rings (SSSR count). The molecule has 4 nitrogen and oxygen atoms in total. The van der Waals surface area contributed by atoms with Gasteiger partial charge in [-0.3, -0.25) is 4.79 Å². The summed E-state index contributed by atoms with van der Waals surface area (Å²) in [5.41, 5.74) is 5.27. The minimum Gasteiger partial charge on any atom is -0.368 e. The highest BCUT2D eigenvalue weighted by Crippen LogP contribution is 2.39. The molecule has 0 saturated heterocycles. The summed E-state index contributed by atoms with van der Waals surface area (Å²) >= 11 is 0. The van der Waals surface area contributed by atoms with Crippen molar-refractivity contribution >= 4 is 5.91 Å². The molecule has 4 heteroatoms. The number of nitrogens with two attached hydrogens (primary N) is 1. The number of carbonyl (C=O) groups excluding carboxylic acids is 1. The molecule has 0 aromatic carbocycles. The Morgan fingerprint density at radius 3 is 2.75 bits per heavy atom. The summed E-state index contributed by atoms with van der Waals surface area (Å²) in [4.78, 5) is 14.4. The number of nitrogens with one attached hydrogen (secondary N) is 1. The van der Waals surface area contributed by atoms with Gasteiger partial charge in [0, 0.05) is 6.54 Å². The van der Waals surface area contributed by atoms with Crippen molar-refractivity contribution in [3.05, 3.63) is 0 Å². The first-order valence-corrected chi connectivity index (χ1v) is 8.23. The highest BCUT2D eigenvalue weighted by Gasteiger charge is 2.46. The van der Waals surface area contributed by atoms with E-state index < -0.39 is 5.54 Å². The van der Waals surface area contributed by atoms with Crippen LogP contribution in [0.5, 0.6) is 0 Å². The van der Waals surface area contributed by atoms with Gasteiger partial charge in [-0.25, -0.2) is 0 Å². The Kier molecular flexibility index (Phi) is 5.08. The number of primary amides is 1. The summed E-state index contributed by atoms with van der Waals surface area (Å²) in [6, 6.07) is 0. The lowest BCUT2D eigenvalue weighted by Crippen LogP contribution is -2.58. The molecule has 2 aliphatic carbocycles. The van der Waals surface area contributed by atoms with E-state index in [1.165, 1.54) is 13.0 Å². The number of carbonyl (C=O) groups is 1.